The summed E-state index contributed by atoms with van der Waals surface area (Å²) in [6.07, 6.45) is -2.60. The summed E-state index contributed by atoms with van der Waals surface area (Å²) < 4.78 is 36.5. The number of alkyl halides is 3. The highest BCUT2D eigenvalue weighted by atomic mass is 19.4. The summed E-state index contributed by atoms with van der Waals surface area (Å²) in [7, 11) is 0. The van der Waals surface area contributed by atoms with Gasteiger partial charge in [0.2, 0.25) is 5.78 Å². The number of rotatable bonds is 2. The van der Waals surface area contributed by atoms with Crippen LogP contribution in [0.2, 0.25) is 0 Å². The number of ketones is 1. The van der Waals surface area contributed by atoms with Gasteiger partial charge in [0.15, 0.2) is 0 Å². The minimum absolute atomic E-state index is 0.255. The van der Waals surface area contributed by atoms with Crippen LogP contribution in [0, 0.1) is 0 Å². The maximum absolute atomic E-state index is 12.2. The molecule has 0 amide bonds. The lowest BCUT2D eigenvalue weighted by Crippen LogP contribution is -2.07. The van der Waals surface area contributed by atoms with E-state index in [1.54, 1.807) is 0 Å². The third kappa shape index (κ3) is 2.18. The molecule has 0 aliphatic carbocycles. The Morgan fingerprint density at radius 2 is 2.14 bits per heavy atom. The SMILES string of the molecule is C=CC(=O)c1cc(C(F)(F)F)ccn1. The van der Waals surface area contributed by atoms with Crippen molar-refractivity contribution in [1.29, 1.82) is 0 Å². The fourth-order valence-corrected chi connectivity index (χ4v) is 0.846. The topological polar surface area (TPSA) is 30.0 Å². The van der Waals surface area contributed by atoms with Crippen LogP contribution in [0.15, 0.2) is 31.0 Å². The molecular weight excluding hydrogens is 195 g/mol. The molecular formula is C9H6F3NO. The van der Waals surface area contributed by atoms with Crippen LogP contribution in [0.1, 0.15) is 16.1 Å². The van der Waals surface area contributed by atoms with Gasteiger partial charge in [-0.25, -0.2) is 0 Å². The molecule has 0 aromatic carbocycles. The molecule has 0 saturated heterocycles. The van der Waals surface area contributed by atoms with E-state index in [1.807, 2.05) is 0 Å². The number of hydrogen-bond donors (Lipinski definition) is 0. The molecule has 0 aliphatic heterocycles. The molecule has 1 aromatic heterocycles. The second-order valence-corrected chi connectivity index (χ2v) is 2.50. The number of nitrogens with zero attached hydrogens (tertiary/aromatic N) is 1. The Morgan fingerprint density at radius 3 is 2.64 bits per heavy atom. The monoisotopic (exact) mass is 201 g/mol. The van der Waals surface area contributed by atoms with Gasteiger partial charge >= 0.3 is 6.18 Å². The van der Waals surface area contributed by atoms with Crippen LogP contribution in [-0.4, -0.2) is 10.8 Å². The van der Waals surface area contributed by atoms with Crippen molar-refractivity contribution in [1.82, 2.24) is 4.98 Å². The number of pyridine rings is 1. The summed E-state index contributed by atoms with van der Waals surface area (Å²) in [6.45, 7) is 3.16. The van der Waals surface area contributed by atoms with Crippen LogP contribution in [-0.2, 0) is 6.18 Å². The van der Waals surface area contributed by atoms with Gasteiger partial charge in [-0.15, -0.1) is 0 Å². The summed E-state index contributed by atoms with van der Waals surface area (Å²) in [5.74, 6) is -0.629. The highest BCUT2D eigenvalue weighted by molar-refractivity contribution is 6.02. The first kappa shape index (κ1) is 10.4. The van der Waals surface area contributed by atoms with Crippen molar-refractivity contribution in [2.75, 3.05) is 0 Å². The molecule has 0 atom stereocenters. The van der Waals surface area contributed by atoms with Gasteiger partial charge < -0.3 is 0 Å². The van der Waals surface area contributed by atoms with Gasteiger partial charge in [-0.05, 0) is 18.2 Å². The molecule has 0 saturated carbocycles. The minimum atomic E-state index is -4.46. The molecule has 0 radical (unpaired) electrons. The maximum Gasteiger partial charge on any atom is 0.416 e. The predicted molar refractivity (Wildman–Crippen MR) is 43.8 cm³/mol. The van der Waals surface area contributed by atoms with E-state index in [2.05, 4.69) is 11.6 Å². The zero-order chi connectivity index (χ0) is 10.8. The second-order valence-electron chi connectivity index (χ2n) is 2.50. The van der Waals surface area contributed by atoms with Crippen molar-refractivity contribution in [2.45, 2.75) is 6.18 Å². The molecule has 0 N–H and O–H groups in total. The average molecular weight is 201 g/mol. The lowest BCUT2D eigenvalue weighted by Gasteiger charge is -2.06. The Bertz CT molecular complexity index is 371. The molecule has 74 valence electrons. The Hall–Kier alpha value is -1.65. The van der Waals surface area contributed by atoms with Crippen molar-refractivity contribution in [2.24, 2.45) is 0 Å². The molecule has 0 unspecified atom stereocenters. The molecule has 5 heteroatoms. The number of aromatic nitrogens is 1. The van der Waals surface area contributed by atoms with E-state index >= 15 is 0 Å². The third-order valence-corrected chi connectivity index (χ3v) is 1.53. The van der Waals surface area contributed by atoms with Gasteiger partial charge in [-0.1, -0.05) is 6.58 Å². The smallest absolute Gasteiger partial charge is 0.288 e. The standard InChI is InChI=1S/C9H6F3NO/c1-2-8(14)7-5-6(3-4-13-7)9(10,11)12/h2-5H,1H2. The Labute approximate surface area is 78.1 Å². The van der Waals surface area contributed by atoms with Crippen molar-refractivity contribution in [3.8, 4) is 0 Å². The lowest BCUT2D eigenvalue weighted by atomic mass is 10.2. The van der Waals surface area contributed by atoms with Crippen molar-refractivity contribution < 1.29 is 18.0 Å². The van der Waals surface area contributed by atoms with Crippen LogP contribution in [0.25, 0.3) is 0 Å². The van der Waals surface area contributed by atoms with E-state index in [0.29, 0.717) is 6.07 Å². The zero-order valence-corrected chi connectivity index (χ0v) is 7.01. The minimum Gasteiger partial charge on any atom is -0.288 e. The molecule has 1 aromatic rings. The average Bonchev–Trinajstić information content (AvgIpc) is 2.15. The Kier molecular flexibility index (Phi) is 2.69. The van der Waals surface area contributed by atoms with Crippen LogP contribution in [0.3, 0.4) is 0 Å². The third-order valence-electron chi connectivity index (χ3n) is 1.53. The van der Waals surface area contributed by atoms with Gasteiger partial charge in [0, 0.05) is 6.20 Å². The van der Waals surface area contributed by atoms with E-state index in [0.717, 1.165) is 18.3 Å². The number of halogens is 3. The first-order valence-electron chi connectivity index (χ1n) is 3.65. The van der Waals surface area contributed by atoms with E-state index < -0.39 is 17.5 Å². The lowest BCUT2D eigenvalue weighted by molar-refractivity contribution is -0.137. The Morgan fingerprint density at radius 1 is 1.50 bits per heavy atom. The summed E-state index contributed by atoms with van der Waals surface area (Å²) >= 11 is 0. The van der Waals surface area contributed by atoms with E-state index in [-0.39, 0.29) is 5.69 Å². The maximum atomic E-state index is 12.2. The molecule has 2 nitrogen and oxygen atoms in total. The molecule has 0 aliphatic rings. The van der Waals surface area contributed by atoms with E-state index in [4.69, 9.17) is 0 Å². The van der Waals surface area contributed by atoms with Crippen LogP contribution in [0.4, 0.5) is 13.2 Å². The van der Waals surface area contributed by atoms with Crippen molar-refractivity contribution >= 4 is 5.78 Å². The Balaban J connectivity index is 3.14. The molecule has 1 heterocycles. The molecule has 0 spiro atoms. The first-order chi connectivity index (χ1) is 6.45. The number of carbonyl (C=O) groups excluding carboxylic acids is 1. The van der Waals surface area contributed by atoms with Gasteiger partial charge in [0.1, 0.15) is 5.69 Å². The summed E-state index contributed by atoms with van der Waals surface area (Å²) in [6, 6.07) is 1.50. The number of allylic oxidation sites excluding steroid dienone is 1. The summed E-state index contributed by atoms with van der Waals surface area (Å²) in [5.41, 5.74) is -1.15. The highest BCUT2D eigenvalue weighted by Gasteiger charge is 2.31. The van der Waals surface area contributed by atoms with E-state index in [9.17, 15) is 18.0 Å². The van der Waals surface area contributed by atoms with E-state index in [1.165, 1.54) is 0 Å². The zero-order valence-electron chi connectivity index (χ0n) is 7.01. The molecule has 14 heavy (non-hydrogen) atoms. The van der Waals surface area contributed by atoms with Gasteiger partial charge in [-0.3, -0.25) is 9.78 Å². The quantitative estimate of drug-likeness (QED) is 0.543. The summed E-state index contributed by atoms with van der Waals surface area (Å²) in [4.78, 5) is 14.4. The summed E-state index contributed by atoms with van der Waals surface area (Å²) in [5, 5.41) is 0. The second kappa shape index (κ2) is 3.61. The van der Waals surface area contributed by atoms with Gasteiger partial charge in [-0.2, -0.15) is 13.2 Å². The van der Waals surface area contributed by atoms with Crippen molar-refractivity contribution in [3.63, 3.8) is 0 Å². The largest absolute Gasteiger partial charge is 0.416 e. The van der Waals surface area contributed by atoms with Gasteiger partial charge in [0.05, 0.1) is 5.56 Å². The van der Waals surface area contributed by atoms with Crippen LogP contribution in [0.5, 0.6) is 0 Å². The number of hydrogen-bond acceptors (Lipinski definition) is 2. The first-order valence-corrected chi connectivity index (χ1v) is 3.65. The fourth-order valence-electron chi connectivity index (χ4n) is 0.846. The van der Waals surface area contributed by atoms with Crippen LogP contribution < -0.4 is 0 Å². The highest BCUT2D eigenvalue weighted by Crippen LogP contribution is 2.28. The molecule has 1 rings (SSSR count). The van der Waals surface area contributed by atoms with Gasteiger partial charge in [0.25, 0.3) is 0 Å². The molecule has 0 fully saturated rings. The molecule has 0 bridgehead atoms. The normalized spacial score (nSPS) is 11.1. The van der Waals surface area contributed by atoms with Crippen LogP contribution >= 0.6 is 0 Å². The van der Waals surface area contributed by atoms with Crippen molar-refractivity contribution in [3.05, 3.63) is 42.2 Å². The number of carbonyl (C=O) groups is 1. The fraction of sp³-hybridized carbons (Fsp3) is 0.111. The predicted octanol–water partition coefficient (Wildman–Crippen LogP) is 2.47.